The Morgan fingerprint density at radius 2 is 1.85 bits per heavy atom. The lowest BCUT2D eigenvalue weighted by Crippen LogP contribution is -2.44. The molecule has 0 amide bonds. The standard InChI is InChI=1S/C18H20N2/c19-10-17(14-2-1-3-20-11-14)9-18-15-5-12-4-13(7-15)8-16(18)6-12/h1-3,9,11-13,15-16,18H,4-8H2/b17-9-. The van der Waals surface area contributed by atoms with Gasteiger partial charge < -0.3 is 0 Å². The number of rotatable bonds is 2. The van der Waals surface area contributed by atoms with Crippen molar-refractivity contribution < 1.29 is 0 Å². The van der Waals surface area contributed by atoms with Crippen LogP contribution in [0.15, 0.2) is 30.6 Å². The van der Waals surface area contributed by atoms with E-state index in [1.807, 2.05) is 18.3 Å². The fourth-order valence-electron chi connectivity index (χ4n) is 5.15. The largest absolute Gasteiger partial charge is 0.264 e. The van der Waals surface area contributed by atoms with Crippen molar-refractivity contribution in [2.75, 3.05) is 0 Å². The van der Waals surface area contributed by atoms with E-state index in [-0.39, 0.29) is 0 Å². The number of aromatic nitrogens is 1. The van der Waals surface area contributed by atoms with Gasteiger partial charge in [-0.2, -0.15) is 5.26 Å². The molecule has 1 heterocycles. The lowest BCUT2D eigenvalue weighted by atomic mass is 9.51. The Morgan fingerprint density at radius 3 is 2.40 bits per heavy atom. The van der Waals surface area contributed by atoms with Gasteiger partial charge in [0.2, 0.25) is 0 Å². The molecule has 5 rings (SSSR count). The fourth-order valence-corrected chi connectivity index (χ4v) is 5.15. The van der Waals surface area contributed by atoms with Crippen LogP contribution in [0.5, 0.6) is 0 Å². The first kappa shape index (κ1) is 12.1. The van der Waals surface area contributed by atoms with Gasteiger partial charge in [-0.05, 0) is 67.8 Å². The zero-order valence-corrected chi connectivity index (χ0v) is 11.7. The molecule has 0 unspecified atom stereocenters. The van der Waals surface area contributed by atoms with Crippen LogP contribution < -0.4 is 0 Å². The number of nitriles is 1. The van der Waals surface area contributed by atoms with Gasteiger partial charge in [-0.3, -0.25) is 4.98 Å². The highest BCUT2D eigenvalue weighted by Gasteiger charge is 2.47. The molecule has 4 bridgehead atoms. The normalized spacial score (nSPS) is 38.8. The highest BCUT2D eigenvalue weighted by atomic mass is 14.6. The second kappa shape index (κ2) is 4.74. The van der Waals surface area contributed by atoms with Crippen LogP contribution in [-0.4, -0.2) is 4.98 Å². The molecule has 0 radical (unpaired) electrons. The average Bonchev–Trinajstić information content (AvgIpc) is 2.47. The van der Waals surface area contributed by atoms with E-state index in [1.165, 1.54) is 32.1 Å². The highest BCUT2D eigenvalue weighted by molar-refractivity contribution is 5.76. The molecular weight excluding hydrogens is 244 g/mol. The topological polar surface area (TPSA) is 36.7 Å². The van der Waals surface area contributed by atoms with Crippen molar-refractivity contribution in [2.24, 2.45) is 29.6 Å². The zero-order chi connectivity index (χ0) is 13.5. The van der Waals surface area contributed by atoms with Gasteiger partial charge >= 0.3 is 0 Å². The molecular formula is C18H20N2. The van der Waals surface area contributed by atoms with Crippen LogP contribution in [-0.2, 0) is 0 Å². The van der Waals surface area contributed by atoms with E-state index >= 15 is 0 Å². The van der Waals surface area contributed by atoms with Crippen LogP contribution in [0.2, 0.25) is 0 Å². The molecule has 2 nitrogen and oxygen atoms in total. The second-order valence-corrected chi connectivity index (χ2v) is 6.94. The molecule has 102 valence electrons. The third-order valence-electron chi connectivity index (χ3n) is 5.75. The summed E-state index contributed by atoms with van der Waals surface area (Å²) in [5.74, 6) is 4.30. The lowest BCUT2D eigenvalue weighted by Gasteiger charge is -2.53. The lowest BCUT2D eigenvalue weighted by molar-refractivity contribution is -0.0159. The summed E-state index contributed by atoms with van der Waals surface area (Å²) in [6.07, 6.45) is 13.0. The molecule has 0 aliphatic heterocycles. The quantitative estimate of drug-likeness (QED) is 0.755. The molecule has 1 aromatic rings. The monoisotopic (exact) mass is 264 g/mol. The molecule has 0 atom stereocenters. The van der Waals surface area contributed by atoms with Crippen molar-refractivity contribution in [3.63, 3.8) is 0 Å². The van der Waals surface area contributed by atoms with Gasteiger partial charge in [0.1, 0.15) is 0 Å². The first-order valence-electron chi connectivity index (χ1n) is 7.86. The van der Waals surface area contributed by atoms with Gasteiger partial charge in [0.25, 0.3) is 0 Å². The smallest absolute Gasteiger partial charge is 0.0995 e. The number of hydrogen-bond acceptors (Lipinski definition) is 2. The van der Waals surface area contributed by atoms with Crippen molar-refractivity contribution in [1.82, 2.24) is 4.98 Å². The predicted octanol–water partition coefficient (Wildman–Crippen LogP) is 4.06. The van der Waals surface area contributed by atoms with E-state index in [4.69, 9.17) is 0 Å². The maximum absolute atomic E-state index is 9.49. The summed E-state index contributed by atoms with van der Waals surface area (Å²) < 4.78 is 0. The molecule has 20 heavy (non-hydrogen) atoms. The molecule has 4 aliphatic rings. The third kappa shape index (κ3) is 1.97. The van der Waals surface area contributed by atoms with Gasteiger partial charge in [0, 0.05) is 18.0 Å². The predicted molar refractivity (Wildman–Crippen MR) is 78.4 cm³/mol. The minimum Gasteiger partial charge on any atom is -0.264 e. The first-order valence-corrected chi connectivity index (χ1v) is 7.86. The number of nitrogens with zero attached hydrogens (tertiary/aromatic N) is 2. The minimum absolute atomic E-state index is 0.637. The summed E-state index contributed by atoms with van der Waals surface area (Å²) in [4.78, 5) is 4.15. The molecule has 0 aromatic carbocycles. The van der Waals surface area contributed by atoms with Crippen molar-refractivity contribution >= 4 is 5.57 Å². The Bertz CT molecular complexity index is 539. The van der Waals surface area contributed by atoms with Crippen LogP contribution in [0.1, 0.15) is 37.7 Å². The van der Waals surface area contributed by atoms with Gasteiger partial charge in [0.05, 0.1) is 11.6 Å². The maximum atomic E-state index is 9.49. The third-order valence-corrected chi connectivity index (χ3v) is 5.75. The number of hydrogen-bond donors (Lipinski definition) is 0. The van der Waals surface area contributed by atoms with E-state index in [9.17, 15) is 5.26 Å². The molecule has 1 aromatic heterocycles. The van der Waals surface area contributed by atoms with Crippen LogP contribution in [0, 0.1) is 40.9 Å². The summed E-state index contributed by atoms with van der Waals surface area (Å²) in [5, 5.41) is 9.49. The van der Waals surface area contributed by atoms with Gasteiger partial charge in [-0.25, -0.2) is 0 Å². The Labute approximate surface area is 120 Å². The SMILES string of the molecule is N#C/C(=C/C1C2CC3CC(C2)CC1C3)c1cccnc1. The van der Waals surface area contributed by atoms with Crippen molar-refractivity contribution in [2.45, 2.75) is 32.1 Å². The minimum atomic E-state index is 0.637. The van der Waals surface area contributed by atoms with Crippen LogP contribution in [0.4, 0.5) is 0 Å². The second-order valence-electron chi connectivity index (χ2n) is 6.94. The Kier molecular flexibility index (Phi) is 2.88. The average molecular weight is 264 g/mol. The highest BCUT2D eigenvalue weighted by Crippen LogP contribution is 2.57. The molecule has 4 aliphatic carbocycles. The molecule has 0 N–H and O–H groups in total. The number of pyridine rings is 1. The van der Waals surface area contributed by atoms with E-state index < -0.39 is 0 Å². The van der Waals surface area contributed by atoms with Crippen LogP contribution in [0.3, 0.4) is 0 Å². The summed E-state index contributed by atoms with van der Waals surface area (Å²) in [7, 11) is 0. The first-order chi connectivity index (χ1) is 9.83. The summed E-state index contributed by atoms with van der Waals surface area (Å²) in [5.41, 5.74) is 1.80. The van der Waals surface area contributed by atoms with Crippen LogP contribution >= 0.6 is 0 Å². The zero-order valence-electron chi connectivity index (χ0n) is 11.7. The summed E-state index contributed by atoms with van der Waals surface area (Å²) in [6.45, 7) is 0. The van der Waals surface area contributed by atoms with Gasteiger partial charge in [0.15, 0.2) is 0 Å². The summed E-state index contributed by atoms with van der Waals surface area (Å²) >= 11 is 0. The Balaban J connectivity index is 1.64. The molecule has 4 saturated carbocycles. The van der Waals surface area contributed by atoms with Gasteiger partial charge in [-0.15, -0.1) is 0 Å². The van der Waals surface area contributed by atoms with Gasteiger partial charge in [-0.1, -0.05) is 12.1 Å². The van der Waals surface area contributed by atoms with Crippen molar-refractivity contribution in [1.29, 1.82) is 5.26 Å². The fraction of sp³-hybridized carbons (Fsp3) is 0.556. The number of allylic oxidation sites excluding steroid dienone is 2. The van der Waals surface area contributed by atoms with Crippen LogP contribution in [0.25, 0.3) is 5.57 Å². The van der Waals surface area contributed by atoms with E-state index in [0.717, 1.165) is 34.8 Å². The van der Waals surface area contributed by atoms with Crippen molar-refractivity contribution in [3.05, 3.63) is 36.2 Å². The molecule has 0 saturated heterocycles. The molecule has 0 spiro atoms. The molecule has 2 heteroatoms. The summed E-state index contributed by atoms with van der Waals surface area (Å²) in [6, 6.07) is 6.31. The maximum Gasteiger partial charge on any atom is 0.0995 e. The Hall–Kier alpha value is -1.62. The van der Waals surface area contributed by atoms with Crippen molar-refractivity contribution in [3.8, 4) is 6.07 Å². The van der Waals surface area contributed by atoms with E-state index in [2.05, 4.69) is 17.1 Å². The van der Waals surface area contributed by atoms with E-state index in [0.29, 0.717) is 5.92 Å². The molecule has 4 fully saturated rings. The Morgan fingerprint density at radius 1 is 1.15 bits per heavy atom. The van der Waals surface area contributed by atoms with E-state index in [1.54, 1.807) is 6.20 Å².